The Hall–Kier alpha value is -1.42. The van der Waals surface area contributed by atoms with Crippen molar-refractivity contribution in [1.82, 2.24) is 5.32 Å². The van der Waals surface area contributed by atoms with E-state index in [2.05, 4.69) is 15.3 Å². The summed E-state index contributed by atoms with van der Waals surface area (Å²) in [7, 11) is 0. The third kappa shape index (κ3) is 6.60. The number of azide groups is 1. The molecule has 0 bridgehead atoms. The number of aliphatic hydroxyl groups is 3. The van der Waals surface area contributed by atoms with Crippen LogP contribution in [0.5, 0.6) is 0 Å². The Labute approximate surface area is 140 Å². The molecule has 0 aromatic heterocycles. The molecular formula is C14H26N4O6. The zero-order chi connectivity index (χ0) is 17.9. The highest BCUT2D eigenvalue weighted by Crippen LogP contribution is 2.23. The van der Waals surface area contributed by atoms with E-state index in [0.717, 1.165) is 25.7 Å². The van der Waals surface area contributed by atoms with Crippen molar-refractivity contribution in [3.05, 3.63) is 10.4 Å². The summed E-state index contributed by atoms with van der Waals surface area (Å²) in [4.78, 5) is 13.9. The van der Waals surface area contributed by atoms with Gasteiger partial charge in [-0.25, -0.2) is 0 Å². The lowest BCUT2D eigenvalue weighted by Gasteiger charge is -2.42. The molecule has 5 atom stereocenters. The van der Waals surface area contributed by atoms with E-state index in [-0.39, 0.29) is 19.1 Å². The van der Waals surface area contributed by atoms with Gasteiger partial charge in [-0.2, -0.15) is 0 Å². The minimum absolute atomic E-state index is 0.155. The summed E-state index contributed by atoms with van der Waals surface area (Å²) in [6, 6.07) is -0.919. The van der Waals surface area contributed by atoms with E-state index in [1.165, 1.54) is 6.92 Å². The summed E-state index contributed by atoms with van der Waals surface area (Å²) in [6.45, 7) is 1.63. The predicted molar refractivity (Wildman–Crippen MR) is 83.8 cm³/mol. The molecule has 1 rings (SSSR count). The van der Waals surface area contributed by atoms with Crippen LogP contribution in [0.25, 0.3) is 10.4 Å². The number of carbonyl (C=O) groups excluding carboxylic acids is 1. The van der Waals surface area contributed by atoms with Crippen molar-refractivity contribution in [3.8, 4) is 0 Å². The highest BCUT2D eigenvalue weighted by atomic mass is 16.7. The molecule has 1 aliphatic rings. The molecule has 1 saturated heterocycles. The summed E-state index contributed by atoms with van der Waals surface area (Å²) in [5.41, 5.74) is 8.38. The molecule has 10 nitrogen and oxygen atoms in total. The largest absolute Gasteiger partial charge is 0.396 e. The van der Waals surface area contributed by atoms with Crippen molar-refractivity contribution in [3.63, 3.8) is 0 Å². The molecule has 0 radical (unpaired) electrons. The molecule has 0 aromatic carbocycles. The second-order valence-electron chi connectivity index (χ2n) is 5.67. The van der Waals surface area contributed by atoms with Gasteiger partial charge in [0.25, 0.3) is 0 Å². The van der Waals surface area contributed by atoms with Crippen LogP contribution >= 0.6 is 0 Å². The fraction of sp³-hybridized carbons (Fsp3) is 0.929. The van der Waals surface area contributed by atoms with E-state index < -0.39 is 30.6 Å². The first-order chi connectivity index (χ1) is 11.5. The second-order valence-corrected chi connectivity index (χ2v) is 5.67. The average molecular weight is 346 g/mol. The van der Waals surface area contributed by atoms with Crippen LogP contribution in [0.2, 0.25) is 0 Å². The van der Waals surface area contributed by atoms with Gasteiger partial charge in [-0.15, -0.1) is 0 Å². The molecule has 1 heterocycles. The Morgan fingerprint density at radius 3 is 2.62 bits per heavy atom. The van der Waals surface area contributed by atoms with Crippen LogP contribution in [-0.4, -0.2) is 71.6 Å². The van der Waals surface area contributed by atoms with Crippen LogP contribution in [-0.2, 0) is 14.3 Å². The van der Waals surface area contributed by atoms with Crippen LogP contribution in [0.4, 0.5) is 0 Å². The van der Waals surface area contributed by atoms with E-state index in [1.807, 2.05) is 0 Å². The molecule has 0 saturated carbocycles. The number of rotatable bonds is 10. The van der Waals surface area contributed by atoms with Gasteiger partial charge in [0, 0.05) is 25.0 Å². The predicted octanol–water partition coefficient (Wildman–Crippen LogP) is -0.183. The Kier molecular flexibility index (Phi) is 9.62. The van der Waals surface area contributed by atoms with Crippen molar-refractivity contribution in [2.45, 2.75) is 63.3 Å². The number of aliphatic hydroxyl groups excluding tert-OH is 3. The molecule has 0 spiro atoms. The minimum atomic E-state index is -1.31. The van der Waals surface area contributed by atoms with Crippen LogP contribution in [0.3, 0.4) is 0 Å². The number of amides is 1. The highest BCUT2D eigenvalue weighted by molar-refractivity contribution is 5.73. The summed E-state index contributed by atoms with van der Waals surface area (Å²) >= 11 is 0. The Morgan fingerprint density at radius 2 is 2.00 bits per heavy atom. The van der Waals surface area contributed by atoms with Crippen LogP contribution in [0, 0.1) is 0 Å². The zero-order valence-corrected chi connectivity index (χ0v) is 13.7. The van der Waals surface area contributed by atoms with Gasteiger partial charge < -0.3 is 30.1 Å². The van der Waals surface area contributed by atoms with Crippen molar-refractivity contribution in [1.29, 1.82) is 0 Å². The number of hydrogen-bond acceptors (Lipinski definition) is 7. The molecule has 10 heteroatoms. The fourth-order valence-corrected chi connectivity index (χ4v) is 2.50. The fourth-order valence-electron chi connectivity index (χ4n) is 2.50. The van der Waals surface area contributed by atoms with Gasteiger partial charge in [-0.3, -0.25) is 4.79 Å². The van der Waals surface area contributed by atoms with Gasteiger partial charge in [0.2, 0.25) is 5.91 Å². The Morgan fingerprint density at radius 1 is 1.29 bits per heavy atom. The van der Waals surface area contributed by atoms with Crippen molar-refractivity contribution in [2.75, 3.05) is 19.8 Å². The first-order valence-electron chi connectivity index (χ1n) is 8.03. The van der Waals surface area contributed by atoms with Gasteiger partial charge in [0.05, 0.1) is 12.6 Å². The third-order valence-corrected chi connectivity index (χ3v) is 3.73. The van der Waals surface area contributed by atoms with Gasteiger partial charge in [-0.05, 0) is 18.4 Å². The number of ether oxygens (including phenoxy) is 2. The molecule has 1 fully saturated rings. The van der Waals surface area contributed by atoms with Gasteiger partial charge >= 0.3 is 0 Å². The summed E-state index contributed by atoms with van der Waals surface area (Å²) in [5, 5.41) is 34.8. The molecule has 0 aliphatic carbocycles. The number of nitrogens with one attached hydrogen (secondary N) is 1. The van der Waals surface area contributed by atoms with E-state index in [0.29, 0.717) is 6.61 Å². The van der Waals surface area contributed by atoms with Gasteiger partial charge in [0.15, 0.2) is 6.29 Å². The third-order valence-electron chi connectivity index (χ3n) is 3.73. The SMILES string of the molecule is CC(=O)NC1C(OCCCCCCO)OC(CN=[N+]=[N-])C(O)C1O. The molecular weight excluding hydrogens is 320 g/mol. The number of hydrogen-bond donors (Lipinski definition) is 4. The molecule has 0 aromatic rings. The molecule has 4 N–H and O–H groups in total. The normalized spacial score (nSPS) is 29.8. The van der Waals surface area contributed by atoms with E-state index in [4.69, 9.17) is 20.1 Å². The van der Waals surface area contributed by atoms with Crippen molar-refractivity contribution >= 4 is 5.91 Å². The smallest absolute Gasteiger partial charge is 0.217 e. The second kappa shape index (κ2) is 11.2. The van der Waals surface area contributed by atoms with Crippen molar-refractivity contribution < 1.29 is 29.6 Å². The number of nitrogens with zero attached hydrogens (tertiary/aromatic N) is 3. The Balaban J connectivity index is 2.62. The van der Waals surface area contributed by atoms with E-state index >= 15 is 0 Å². The van der Waals surface area contributed by atoms with E-state index in [1.54, 1.807) is 0 Å². The van der Waals surface area contributed by atoms with Crippen LogP contribution in [0.15, 0.2) is 5.11 Å². The quantitative estimate of drug-likeness (QED) is 0.186. The maximum absolute atomic E-state index is 11.3. The van der Waals surface area contributed by atoms with Crippen LogP contribution in [0.1, 0.15) is 32.6 Å². The average Bonchev–Trinajstić information content (AvgIpc) is 2.55. The molecule has 1 aliphatic heterocycles. The minimum Gasteiger partial charge on any atom is -0.396 e. The molecule has 24 heavy (non-hydrogen) atoms. The maximum atomic E-state index is 11.3. The Bertz CT molecular complexity index is 431. The first kappa shape index (κ1) is 20.6. The molecule has 5 unspecified atom stereocenters. The lowest BCUT2D eigenvalue weighted by Crippen LogP contribution is -2.64. The monoisotopic (exact) mass is 346 g/mol. The van der Waals surface area contributed by atoms with Gasteiger partial charge in [-0.1, -0.05) is 18.0 Å². The van der Waals surface area contributed by atoms with Crippen molar-refractivity contribution in [2.24, 2.45) is 5.11 Å². The first-order valence-corrected chi connectivity index (χ1v) is 8.03. The topological polar surface area (TPSA) is 157 Å². The maximum Gasteiger partial charge on any atom is 0.217 e. The highest BCUT2D eigenvalue weighted by Gasteiger charge is 2.45. The number of carbonyl (C=O) groups is 1. The lowest BCUT2D eigenvalue weighted by molar-refractivity contribution is -0.262. The standard InChI is InChI=1S/C14H26N4O6/c1-9(20)17-11-13(22)12(21)10(8-16-18-15)24-14(11)23-7-5-3-2-4-6-19/h10-14,19,21-22H,2-8H2,1H3,(H,17,20). The van der Waals surface area contributed by atoms with E-state index in [9.17, 15) is 15.0 Å². The lowest BCUT2D eigenvalue weighted by atomic mass is 9.96. The number of unbranched alkanes of at least 4 members (excludes halogenated alkanes) is 3. The zero-order valence-electron chi connectivity index (χ0n) is 13.7. The molecule has 1 amide bonds. The summed E-state index contributed by atoms with van der Waals surface area (Å²) in [6.07, 6.45) is -1.28. The summed E-state index contributed by atoms with van der Waals surface area (Å²) < 4.78 is 11.2. The molecule has 138 valence electrons. The summed E-state index contributed by atoms with van der Waals surface area (Å²) in [5.74, 6) is -0.389. The van der Waals surface area contributed by atoms with Gasteiger partial charge in [0.1, 0.15) is 18.2 Å². The van der Waals surface area contributed by atoms with Crippen LogP contribution < -0.4 is 5.32 Å².